The highest BCUT2D eigenvalue weighted by molar-refractivity contribution is 5.92. The maximum atomic E-state index is 11.4. The predicted molar refractivity (Wildman–Crippen MR) is 57.0 cm³/mol. The van der Waals surface area contributed by atoms with Crippen LogP contribution in [-0.2, 0) is 9.53 Å². The fraction of sp³-hybridized carbons (Fsp3) is 0.364. The van der Waals surface area contributed by atoms with Gasteiger partial charge in [-0.05, 0) is 13.0 Å². The summed E-state index contributed by atoms with van der Waals surface area (Å²) in [6, 6.07) is 3.36. The highest BCUT2D eigenvalue weighted by Crippen LogP contribution is 2.09. The van der Waals surface area contributed by atoms with Gasteiger partial charge in [0.05, 0.1) is 18.8 Å². The van der Waals surface area contributed by atoms with Gasteiger partial charge in [-0.2, -0.15) is 5.26 Å². The molecule has 0 radical (unpaired) electrons. The molecule has 0 fully saturated rings. The van der Waals surface area contributed by atoms with Gasteiger partial charge < -0.3 is 14.5 Å². The SMILES string of the molecule is Cc1occc1C(=O)OCC(=O)NCCC#N. The lowest BCUT2D eigenvalue weighted by Crippen LogP contribution is -2.29. The summed E-state index contributed by atoms with van der Waals surface area (Å²) in [4.78, 5) is 22.6. The van der Waals surface area contributed by atoms with E-state index in [4.69, 9.17) is 14.4 Å². The van der Waals surface area contributed by atoms with Crippen molar-refractivity contribution in [2.24, 2.45) is 0 Å². The van der Waals surface area contributed by atoms with Crippen molar-refractivity contribution >= 4 is 11.9 Å². The number of furan rings is 1. The standard InChI is InChI=1S/C11H12N2O4/c1-8-9(3-6-16-8)11(15)17-7-10(14)13-5-2-4-12/h3,6H,2,5,7H2,1H3,(H,13,14). The van der Waals surface area contributed by atoms with Crippen LogP contribution in [0.5, 0.6) is 0 Å². The molecular formula is C11H12N2O4. The summed E-state index contributed by atoms with van der Waals surface area (Å²) in [5, 5.41) is 10.7. The monoisotopic (exact) mass is 236 g/mol. The average Bonchev–Trinajstić information content (AvgIpc) is 2.73. The van der Waals surface area contributed by atoms with Gasteiger partial charge in [0.15, 0.2) is 6.61 Å². The van der Waals surface area contributed by atoms with E-state index in [1.807, 2.05) is 6.07 Å². The lowest BCUT2D eigenvalue weighted by atomic mass is 10.3. The van der Waals surface area contributed by atoms with Gasteiger partial charge in [-0.25, -0.2) is 4.79 Å². The first-order valence-corrected chi connectivity index (χ1v) is 5.00. The van der Waals surface area contributed by atoms with E-state index in [2.05, 4.69) is 5.32 Å². The Morgan fingerprint density at radius 2 is 2.35 bits per heavy atom. The predicted octanol–water partition coefficient (Wildman–Crippen LogP) is 0.775. The second-order valence-electron chi connectivity index (χ2n) is 3.22. The molecule has 1 amide bonds. The molecule has 17 heavy (non-hydrogen) atoms. The lowest BCUT2D eigenvalue weighted by Gasteiger charge is -2.04. The van der Waals surface area contributed by atoms with Gasteiger partial charge in [-0.1, -0.05) is 0 Å². The number of rotatable bonds is 5. The maximum absolute atomic E-state index is 11.4. The molecule has 0 bridgehead atoms. The first-order valence-electron chi connectivity index (χ1n) is 5.00. The molecule has 0 spiro atoms. The quantitative estimate of drug-likeness (QED) is 0.602. The molecule has 1 aromatic heterocycles. The summed E-state index contributed by atoms with van der Waals surface area (Å²) >= 11 is 0. The molecule has 1 aromatic rings. The number of ether oxygens (including phenoxy) is 1. The Hall–Kier alpha value is -2.29. The summed E-state index contributed by atoms with van der Waals surface area (Å²) in [5.41, 5.74) is 0.301. The third-order valence-corrected chi connectivity index (χ3v) is 1.97. The summed E-state index contributed by atoms with van der Waals surface area (Å²) in [5.74, 6) is -0.596. The maximum Gasteiger partial charge on any atom is 0.342 e. The van der Waals surface area contributed by atoms with E-state index in [9.17, 15) is 9.59 Å². The topological polar surface area (TPSA) is 92.3 Å². The lowest BCUT2D eigenvalue weighted by molar-refractivity contribution is -0.124. The molecule has 1 rings (SSSR count). The number of amides is 1. The average molecular weight is 236 g/mol. The van der Waals surface area contributed by atoms with Gasteiger partial charge in [-0.3, -0.25) is 4.79 Å². The smallest absolute Gasteiger partial charge is 0.342 e. The van der Waals surface area contributed by atoms with Crippen LogP contribution >= 0.6 is 0 Å². The largest absolute Gasteiger partial charge is 0.469 e. The zero-order valence-corrected chi connectivity index (χ0v) is 9.36. The van der Waals surface area contributed by atoms with Gasteiger partial charge in [0, 0.05) is 6.54 Å². The Morgan fingerprint density at radius 3 is 2.94 bits per heavy atom. The van der Waals surface area contributed by atoms with Crippen LogP contribution in [0.15, 0.2) is 16.7 Å². The first kappa shape index (κ1) is 12.8. The molecule has 0 unspecified atom stereocenters. The van der Waals surface area contributed by atoms with Crippen LogP contribution in [-0.4, -0.2) is 25.0 Å². The number of carbonyl (C=O) groups is 2. The Bertz CT molecular complexity index is 445. The summed E-state index contributed by atoms with van der Waals surface area (Å²) in [6.45, 7) is 1.51. The fourth-order valence-corrected chi connectivity index (χ4v) is 1.11. The summed E-state index contributed by atoms with van der Waals surface area (Å²) in [6.07, 6.45) is 1.60. The van der Waals surface area contributed by atoms with Crippen molar-refractivity contribution in [3.05, 3.63) is 23.7 Å². The van der Waals surface area contributed by atoms with E-state index in [-0.39, 0.29) is 19.6 Å². The molecule has 0 atom stereocenters. The molecule has 0 aliphatic carbocycles. The molecule has 6 heteroatoms. The molecule has 90 valence electrons. The number of carbonyl (C=O) groups excluding carboxylic acids is 2. The van der Waals surface area contributed by atoms with Crippen LogP contribution in [0.2, 0.25) is 0 Å². The van der Waals surface area contributed by atoms with Crippen LogP contribution in [0, 0.1) is 18.3 Å². The Labute approximate surface area is 98.2 Å². The van der Waals surface area contributed by atoms with Crippen molar-refractivity contribution in [1.29, 1.82) is 5.26 Å². The third-order valence-electron chi connectivity index (χ3n) is 1.97. The Balaban J connectivity index is 2.32. The second kappa shape index (κ2) is 6.33. The summed E-state index contributed by atoms with van der Waals surface area (Å²) < 4.78 is 9.70. The van der Waals surface area contributed by atoms with Crippen LogP contribution in [0.1, 0.15) is 22.5 Å². The van der Waals surface area contributed by atoms with Gasteiger partial charge in [0.25, 0.3) is 5.91 Å². The number of nitrogens with one attached hydrogen (secondary N) is 1. The molecule has 0 aromatic carbocycles. The molecule has 1 heterocycles. The van der Waals surface area contributed by atoms with Crippen molar-refractivity contribution in [1.82, 2.24) is 5.32 Å². The normalized spacial score (nSPS) is 9.41. The zero-order valence-electron chi connectivity index (χ0n) is 9.36. The second-order valence-corrected chi connectivity index (χ2v) is 3.22. The number of nitrogens with zero attached hydrogens (tertiary/aromatic N) is 1. The molecular weight excluding hydrogens is 224 g/mol. The Kier molecular flexibility index (Phi) is 4.76. The van der Waals surface area contributed by atoms with Crippen molar-refractivity contribution in [3.63, 3.8) is 0 Å². The molecule has 1 N–H and O–H groups in total. The van der Waals surface area contributed by atoms with Gasteiger partial charge in [0.1, 0.15) is 11.3 Å². The van der Waals surface area contributed by atoms with Crippen LogP contribution in [0.3, 0.4) is 0 Å². The van der Waals surface area contributed by atoms with Crippen LogP contribution in [0.4, 0.5) is 0 Å². The molecule has 0 saturated carbocycles. The number of aryl methyl sites for hydroxylation is 1. The van der Waals surface area contributed by atoms with Gasteiger partial charge in [0.2, 0.25) is 0 Å². The van der Waals surface area contributed by atoms with E-state index >= 15 is 0 Å². The van der Waals surface area contributed by atoms with Crippen LogP contribution < -0.4 is 5.32 Å². The van der Waals surface area contributed by atoms with Gasteiger partial charge >= 0.3 is 5.97 Å². The van der Waals surface area contributed by atoms with Crippen molar-refractivity contribution in [2.75, 3.05) is 13.2 Å². The summed E-state index contributed by atoms with van der Waals surface area (Å²) in [7, 11) is 0. The minimum absolute atomic E-state index is 0.223. The van der Waals surface area contributed by atoms with Crippen LogP contribution in [0.25, 0.3) is 0 Å². The third kappa shape index (κ3) is 3.99. The van der Waals surface area contributed by atoms with Crippen molar-refractivity contribution in [2.45, 2.75) is 13.3 Å². The van der Waals surface area contributed by atoms with E-state index in [0.29, 0.717) is 11.3 Å². The molecule has 0 aliphatic rings. The van der Waals surface area contributed by atoms with E-state index < -0.39 is 11.9 Å². The van der Waals surface area contributed by atoms with E-state index in [0.717, 1.165) is 0 Å². The first-order chi connectivity index (χ1) is 8.15. The number of hydrogen-bond acceptors (Lipinski definition) is 5. The van der Waals surface area contributed by atoms with Crippen molar-refractivity contribution < 1.29 is 18.7 Å². The highest BCUT2D eigenvalue weighted by atomic mass is 16.5. The fourth-order valence-electron chi connectivity index (χ4n) is 1.11. The van der Waals surface area contributed by atoms with Crippen molar-refractivity contribution in [3.8, 4) is 6.07 Å². The molecule has 6 nitrogen and oxygen atoms in total. The number of nitriles is 1. The highest BCUT2D eigenvalue weighted by Gasteiger charge is 2.14. The van der Waals surface area contributed by atoms with E-state index in [1.165, 1.54) is 12.3 Å². The Morgan fingerprint density at radius 1 is 1.59 bits per heavy atom. The minimum Gasteiger partial charge on any atom is -0.469 e. The molecule has 0 saturated heterocycles. The minimum atomic E-state index is -0.605. The van der Waals surface area contributed by atoms with E-state index in [1.54, 1.807) is 6.92 Å². The number of esters is 1. The number of hydrogen-bond donors (Lipinski definition) is 1. The zero-order chi connectivity index (χ0) is 12.7. The van der Waals surface area contributed by atoms with Gasteiger partial charge in [-0.15, -0.1) is 0 Å². The molecule has 0 aliphatic heterocycles.